The fourth-order valence-corrected chi connectivity index (χ4v) is 2.41. The van der Waals surface area contributed by atoms with Gasteiger partial charge in [0.15, 0.2) is 0 Å². The Morgan fingerprint density at radius 1 is 1.29 bits per heavy atom. The van der Waals surface area contributed by atoms with Gasteiger partial charge in [0.1, 0.15) is 0 Å². The molecule has 0 aliphatic rings. The lowest BCUT2D eigenvalue weighted by Crippen LogP contribution is -2.34. The van der Waals surface area contributed by atoms with Crippen LogP contribution in [-0.4, -0.2) is 29.8 Å². The van der Waals surface area contributed by atoms with Crippen LogP contribution in [0.4, 0.5) is 0 Å². The van der Waals surface area contributed by atoms with Crippen LogP contribution in [0.1, 0.15) is 39.5 Å². The Hall–Kier alpha value is 0.270. The third kappa shape index (κ3) is 5.23. The average molecular weight is 219 g/mol. The van der Waals surface area contributed by atoms with Gasteiger partial charge in [-0.3, -0.25) is 0 Å². The fraction of sp³-hybridized carbons (Fsp3) is 1.00. The van der Waals surface area contributed by atoms with Gasteiger partial charge in [-0.2, -0.15) is 11.8 Å². The van der Waals surface area contributed by atoms with Crippen LogP contribution in [-0.2, 0) is 0 Å². The molecule has 1 unspecified atom stereocenters. The first-order chi connectivity index (χ1) is 6.74. The predicted molar refractivity (Wildman–Crippen MR) is 65.7 cm³/mol. The molecule has 0 bridgehead atoms. The van der Waals surface area contributed by atoms with E-state index >= 15 is 0 Å². The molecule has 0 aromatic rings. The van der Waals surface area contributed by atoms with Gasteiger partial charge < -0.3 is 10.8 Å². The van der Waals surface area contributed by atoms with Crippen LogP contribution in [0.3, 0.4) is 0 Å². The summed E-state index contributed by atoms with van der Waals surface area (Å²) in [6, 6.07) is 0. The summed E-state index contributed by atoms with van der Waals surface area (Å²) in [6.07, 6.45) is 4.41. The topological polar surface area (TPSA) is 46.2 Å². The highest BCUT2D eigenvalue weighted by atomic mass is 32.2. The van der Waals surface area contributed by atoms with Gasteiger partial charge in [0.05, 0.1) is 0 Å². The van der Waals surface area contributed by atoms with Gasteiger partial charge in [-0.15, -0.1) is 0 Å². The molecule has 0 aliphatic carbocycles. The Labute approximate surface area is 92.6 Å². The van der Waals surface area contributed by atoms with E-state index in [0.29, 0.717) is 6.54 Å². The maximum absolute atomic E-state index is 9.38. The molecule has 0 heterocycles. The summed E-state index contributed by atoms with van der Waals surface area (Å²) in [5.41, 5.74) is 5.76. The number of aliphatic hydroxyl groups excluding tert-OH is 1. The van der Waals surface area contributed by atoms with Crippen molar-refractivity contribution in [3.63, 3.8) is 0 Å². The molecule has 1 atom stereocenters. The second-order valence-corrected chi connectivity index (χ2v) is 5.31. The second kappa shape index (κ2) is 8.57. The van der Waals surface area contributed by atoms with Crippen molar-refractivity contribution in [2.75, 3.05) is 24.7 Å². The second-order valence-electron chi connectivity index (χ2n) is 3.91. The Balaban J connectivity index is 3.82. The average Bonchev–Trinajstić information content (AvgIpc) is 2.23. The summed E-state index contributed by atoms with van der Waals surface area (Å²) in [6.45, 7) is 5.20. The fourth-order valence-electron chi connectivity index (χ4n) is 1.78. The van der Waals surface area contributed by atoms with Crippen LogP contribution in [0.15, 0.2) is 0 Å². The number of thioether (sulfide) groups is 1. The minimum Gasteiger partial charge on any atom is -0.396 e. The molecule has 0 saturated carbocycles. The van der Waals surface area contributed by atoms with Gasteiger partial charge >= 0.3 is 0 Å². The van der Waals surface area contributed by atoms with Crippen molar-refractivity contribution < 1.29 is 5.11 Å². The Morgan fingerprint density at radius 3 is 2.43 bits per heavy atom. The SMILES string of the molecule is CCCC(CN)(CO)CCCSCC. The van der Waals surface area contributed by atoms with Gasteiger partial charge in [-0.25, -0.2) is 0 Å². The highest BCUT2D eigenvalue weighted by molar-refractivity contribution is 7.99. The lowest BCUT2D eigenvalue weighted by atomic mass is 9.80. The molecule has 0 spiro atoms. The van der Waals surface area contributed by atoms with Crippen molar-refractivity contribution in [3.8, 4) is 0 Å². The van der Waals surface area contributed by atoms with E-state index in [1.807, 2.05) is 11.8 Å². The standard InChI is InChI=1S/C11H25NOS/c1-3-6-11(9-12,10-13)7-5-8-14-4-2/h13H,3-10,12H2,1-2H3. The third-order valence-corrected chi connectivity index (χ3v) is 3.73. The van der Waals surface area contributed by atoms with Crippen LogP contribution in [0.2, 0.25) is 0 Å². The van der Waals surface area contributed by atoms with E-state index in [1.165, 1.54) is 17.9 Å². The van der Waals surface area contributed by atoms with Crippen LogP contribution in [0.25, 0.3) is 0 Å². The smallest absolute Gasteiger partial charge is 0.0499 e. The zero-order valence-electron chi connectivity index (χ0n) is 9.59. The van der Waals surface area contributed by atoms with E-state index in [4.69, 9.17) is 5.73 Å². The van der Waals surface area contributed by atoms with E-state index in [0.717, 1.165) is 19.3 Å². The number of rotatable bonds is 9. The molecule has 2 nitrogen and oxygen atoms in total. The minimum absolute atomic E-state index is 0.00303. The first kappa shape index (κ1) is 14.3. The molecular weight excluding hydrogens is 194 g/mol. The maximum atomic E-state index is 9.38. The first-order valence-corrected chi connectivity index (χ1v) is 6.78. The zero-order chi connectivity index (χ0) is 10.9. The lowest BCUT2D eigenvalue weighted by Gasteiger charge is -2.30. The van der Waals surface area contributed by atoms with Crippen molar-refractivity contribution in [3.05, 3.63) is 0 Å². The molecule has 0 radical (unpaired) electrons. The van der Waals surface area contributed by atoms with Crippen molar-refractivity contribution >= 4 is 11.8 Å². The zero-order valence-corrected chi connectivity index (χ0v) is 10.4. The predicted octanol–water partition coefficient (Wildman–Crippen LogP) is 2.26. The summed E-state index contributed by atoms with van der Waals surface area (Å²) in [7, 11) is 0. The monoisotopic (exact) mass is 219 g/mol. The number of hydrogen-bond donors (Lipinski definition) is 2. The Morgan fingerprint density at radius 2 is 2.00 bits per heavy atom. The number of aliphatic hydroxyl groups is 1. The Kier molecular flexibility index (Phi) is 8.73. The summed E-state index contributed by atoms with van der Waals surface area (Å²) in [4.78, 5) is 0. The third-order valence-electron chi connectivity index (χ3n) is 2.75. The molecule has 0 aromatic heterocycles. The molecule has 3 heteroatoms. The number of hydrogen-bond acceptors (Lipinski definition) is 3. The van der Waals surface area contributed by atoms with Crippen molar-refractivity contribution in [2.45, 2.75) is 39.5 Å². The highest BCUT2D eigenvalue weighted by Crippen LogP contribution is 2.28. The van der Waals surface area contributed by atoms with Gasteiger partial charge in [0.25, 0.3) is 0 Å². The van der Waals surface area contributed by atoms with E-state index in [-0.39, 0.29) is 12.0 Å². The van der Waals surface area contributed by atoms with Crippen LogP contribution < -0.4 is 5.73 Å². The first-order valence-electron chi connectivity index (χ1n) is 5.63. The van der Waals surface area contributed by atoms with E-state index in [9.17, 15) is 5.11 Å². The summed E-state index contributed by atoms with van der Waals surface area (Å²) in [5.74, 6) is 2.38. The number of nitrogens with two attached hydrogens (primary N) is 1. The molecule has 3 N–H and O–H groups in total. The van der Waals surface area contributed by atoms with Gasteiger partial charge in [0.2, 0.25) is 0 Å². The van der Waals surface area contributed by atoms with Crippen molar-refractivity contribution in [2.24, 2.45) is 11.1 Å². The van der Waals surface area contributed by atoms with Crippen molar-refractivity contribution in [1.29, 1.82) is 0 Å². The molecule has 0 amide bonds. The van der Waals surface area contributed by atoms with Crippen LogP contribution in [0, 0.1) is 5.41 Å². The highest BCUT2D eigenvalue weighted by Gasteiger charge is 2.25. The molecule has 0 fully saturated rings. The van der Waals surface area contributed by atoms with E-state index in [1.54, 1.807) is 0 Å². The van der Waals surface area contributed by atoms with Crippen molar-refractivity contribution in [1.82, 2.24) is 0 Å². The largest absolute Gasteiger partial charge is 0.396 e. The van der Waals surface area contributed by atoms with Crippen LogP contribution >= 0.6 is 11.8 Å². The Bertz CT molecular complexity index is 126. The quantitative estimate of drug-likeness (QED) is 0.585. The molecular formula is C11H25NOS. The maximum Gasteiger partial charge on any atom is 0.0499 e. The van der Waals surface area contributed by atoms with Gasteiger partial charge in [-0.1, -0.05) is 20.3 Å². The van der Waals surface area contributed by atoms with E-state index < -0.39 is 0 Å². The summed E-state index contributed by atoms with van der Waals surface area (Å²) in [5, 5.41) is 9.38. The minimum atomic E-state index is 0.00303. The van der Waals surface area contributed by atoms with Gasteiger partial charge in [0, 0.05) is 18.6 Å². The molecule has 0 saturated heterocycles. The molecule has 0 aliphatic heterocycles. The summed E-state index contributed by atoms with van der Waals surface area (Å²) >= 11 is 1.97. The van der Waals surface area contributed by atoms with Gasteiger partial charge in [-0.05, 0) is 30.8 Å². The molecule has 86 valence electrons. The summed E-state index contributed by atoms with van der Waals surface area (Å²) < 4.78 is 0. The molecule has 0 rings (SSSR count). The molecule has 14 heavy (non-hydrogen) atoms. The normalized spacial score (nSPS) is 15.4. The van der Waals surface area contributed by atoms with Crippen LogP contribution in [0.5, 0.6) is 0 Å². The van der Waals surface area contributed by atoms with E-state index in [2.05, 4.69) is 13.8 Å². The molecule has 0 aromatic carbocycles. The lowest BCUT2D eigenvalue weighted by molar-refractivity contribution is 0.111.